The molecule has 0 unspecified atom stereocenters. The number of carboxylic acids is 1. The van der Waals surface area contributed by atoms with Gasteiger partial charge < -0.3 is 9.84 Å². The van der Waals surface area contributed by atoms with Crippen molar-refractivity contribution in [1.29, 1.82) is 0 Å². The molecule has 0 saturated carbocycles. The molecule has 1 atom stereocenters. The van der Waals surface area contributed by atoms with E-state index in [1.54, 1.807) is 7.11 Å². The van der Waals surface area contributed by atoms with Crippen LogP contribution in [0.2, 0.25) is 0 Å². The Kier molecular flexibility index (Phi) is 5.77. The molecule has 0 amide bonds. The van der Waals surface area contributed by atoms with Crippen LogP contribution in [0.3, 0.4) is 0 Å². The van der Waals surface area contributed by atoms with Gasteiger partial charge in [-0.15, -0.1) is 0 Å². The van der Waals surface area contributed by atoms with Gasteiger partial charge in [0, 0.05) is 12.1 Å². The lowest BCUT2D eigenvalue weighted by atomic mass is 10.0. The lowest BCUT2D eigenvalue weighted by Crippen LogP contribution is -2.40. The Morgan fingerprint density at radius 2 is 1.83 bits per heavy atom. The Morgan fingerprint density at radius 3 is 2.39 bits per heavy atom. The van der Waals surface area contributed by atoms with Crippen molar-refractivity contribution in [2.24, 2.45) is 5.92 Å². The first-order valence-corrected chi connectivity index (χ1v) is 7.71. The Bertz CT molecular complexity index is 653. The first-order chi connectivity index (χ1) is 11.0. The van der Waals surface area contributed by atoms with E-state index in [9.17, 15) is 9.90 Å². The molecule has 2 aromatic carbocycles. The van der Waals surface area contributed by atoms with E-state index >= 15 is 0 Å². The third kappa shape index (κ3) is 4.33. The molecule has 0 bridgehead atoms. The summed E-state index contributed by atoms with van der Waals surface area (Å²) < 4.78 is 5.47. The summed E-state index contributed by atoms with van der Waals surface area (Å²) in [6.07, 6.45) is 0. The van der Waals surface area contributed by atoms with E-state index in [0.29, 0.717) is 6.54 Å². The van der Waals surface area contributed by atoms with Crippen molar-refractivity contribution in [3.05, 3.63) is 54.1 Å². The number of methoxy groups -OCH3 is 1. The van der Waals surface area contributed by atoms with Crippen LogP contribution in [0, 0.1) is 5.92 Å². The predicted molar refractivity (Wildman–Crippen MR) is 91.5 cm³/mol. The number of benzene rings is 2. The van der Waals surface area contributed by atoms with Crippen LogP contribution in [0.1, 0.15) is 19.4 Å². The minimum absolute atomic E-state index is 0.0158. The summed E-state index contributed by atoms with van der Waals surface area (Å²) in [7, 11) is 1.63. The number of carboxylic acid groups (broad SMARTS) is 1. The van der Waals surface area contributed by atoms with E-state index in [0.717, 1.165) is 22.4 Å². The van der Waals surface area contributed by atoms with Gasteiger partial charge >= 0.3 is 5.97 Å². The van der Waals surface area contributed by atoms with Crippen molar-refractivity contribution in [3.8, 4) is 16.9 Å². The third-order valence-electron chi connectivity index (χ3n) is 3.84. The normalized spacial score (nSPS) is 12.2. The molecular weight excluding hydrogens is 290 g/mol. The van der Waals surface area contributed by atoms with Crippen molar-refractivity contribution in [2.75, 3.05) is 7.11 Å². The standard InChI is InChI=1S/C19H23NO3/c1-13(2)18(19(21)22)20-12-16-10-9-15(11-17(16)23-3)14-7-5-4-6-8-14/h4-11,13,18,20H,12H2,1-3H3,(H,21,22)/t18-/m0/s1. The molecule has 0 saturated heterocycles. The van der Waals surface area contributed by atoms with Crippen LogP contribution in [0.25, 0.3) is 11.1 Å². The molecule has 0 heterocycles. The molecule has 122 valence electrons. The van der Waals surface area contributed by atoms with Crippen molar-refractivity contribution in [1.82, 2.24) is 5.32 Å². The molecular formula is C19H23NO3. The van der Waals surface area contributed by atoms with Gasteiger partial charge in [0.15, 0.2) is 0 Å². The zero-order valence-electron chi connectivity index (χ0n) is 13.7. The van der Waals surface area contributed by atoms with E-state index in [1.165, 1.54) is 0 Å². The Morgan fingerprint density at radius 1 is 1.13 bits per heavy atom. The fraction of sp³-hybridized carbons (Fsp3) is 0.316. The van der Waals surface area contributed by atoms with Gasteiger partial charge in [-0.2, -0.15) is 0 Å². The number of hydrogen-bond acceptors (Lipinski definition) is 3. The van der Waals surface area contributed by atoms with Gasteiger partial charge in [-0.05, 0) is 23.1 Å². The van der Waals surface area contributed by atoms with Crippen molar-refractivity contribution >= 4 is 5.97 Å². The Labute approximate surface area is 137 Å². The number of hydrogen-bond donors (Lipinski definition) is 2. The van der Waals surface area contributed by atoms with E-state index in [4.69, 9.17) is 4.74 Å². The van der Waals surface area contributed by atoms with Crippen molar-refractivity contribution in [2.45, 2.75) is 26.4 Å². The summed E-state index contributed by atoms with van der Waals surface area (Å²) in [5.74, 6) is -0.0614. The number of aliphatic carboxylic acids is 1. The zero-order chi connectivity index (χ0) is 16.8. The lowest BCUT2D eigenvalue weighted by molar-refractivity contribution is -0.140. The first-order valence-electron chi connectivity index (χ1n) is 7.71. The molecule has 0 aliphatic carbocycles. The number of ether oxygens (including phenoxy) is 1. The number of nitrogens with one attached hydrogen (secondary N) is 1. The molecule has 0 spiro atoms. The van der Waals surface area contributed by atoms with E-state index in [1.807, 2.05) is 62.4 Å². The molecule has 2 N–H and O–H groups in total. The molecule has 0 aliphatic heterocycles. The molecule has 0 radical (unpaired) electrons. The highest BCUT2D eigenvalue weighted by Crippen LogP contribution is 2.27. The summed E-state index contributed by atoms with van der Waals surface area (Å²) in [5.41, 5.74) is 3.14. The van der Waals surface area contributed by atoms with Crippen LogP contribution in [0.4, 0.5) is 0 Å². The SMILES string of the molecule is COc1cc(-c2ccccc2)ccc1CN[C@H](C(=O)O)C(C)C. The second-order valence-corrected chi connectivity index (χ2v) is 5.83. The van der Waals surface area contributed by atoms with Crippen LogP contribution in [-0.2, 0) is 11.3 Å². The van der Waals surface area contributed by atoms with Gasteiger partial charge in [-0.25, -0.2) is 0 Å². The molecule has 2 rings (SSSR count). The quantitative estimate of drug-likeness (QED) is 0.820. The maximum absolute atomic E-state index is 11.3. The van der Waals surface area contributed by atoms with Gasteiger partial charge in [0.2, 0.25) is 0 Å². The van der Waals surface area contributed by atoms with Crippen LogP contribution >= 0.6 is 0 Å². The van der Waals surface area contributed by atoms with Gasteiger partial charge in [0.1, 0.15) is 11.8 Å². The molecule has 4 heteroatoms. The summed E-state index contributed by atoms with van der Waals surface area (Å²) in [6.45, 7) is 4.23. The fourth-order valence-electron chi connectivity index (χ4n) is 2.53. The molecule has 2 aromatic rings. The molecule has 0 aromatic heterocycles. The first kappa shape index (κ1) is 17.0. The topological polar surface area (TPSA) is 58.6 Å². The number of rotatable bonds is 7. The third-order valence-corrected chi connectivity index (χ3v) is 3.84. The maximum atomic E-state index is 11.3. The van der Waals surface area contributed by atoms with Gasteiger partial charge in [-0.1, -0.05) is 56.3 Å². The zero-order valence-corrected chi connectivity index (χ0v) is 13.7. The predicted octanol–water partition coefficient (Wildman–Crippen LogP) is 3.56. The summed E-state index contributed by atoms with van der Waals surface area (Å²) in [6, 6.07) is 15.5. The largest absolute Gasteiger partial charge is 0.496 e. The van der Waals surface area contributed by atoms with E-state index < -0.39 is 12.0 Å². The van der Waals surface area contributed by atoms with E-state index in [2.05, 4.69) is 5.32 Å². The van der Waals surface area contributed by atoms with Crippen molar-refractivity contribution < 1.29 is 14.6 Å². The summed E-state index contributed by atoms with van der Waals surface area (Å²) in [4.78, 5) is 11.3. The van der Waals surface area contributed by atoms with Gasteiger partial charge in [0.25, 0.3) is 0 Å². The fourth-order valence-corrected chi connectivity index (χ4v) is 2.53. The average molecular weight is 313 g/mol. The second kappa shape index (κ2) is 7.79. The smallest absolute Gasteiger partial charge is 0.320 e. The van der Waals surface area contributed by atoms with Crippen molar-refractivity contribution in [3.63, 3.8) is 0 Å². The minimum Gasteiger partial charge on any atom is -0.496 e. The minimum atomic E-state index is -0.833. The second-order valence-electron chi connectivity index (χ2n) is 5.83. The summed E-state index contributed by atoms with van der Waals surface area (Å²) >= 11 is 0. The Balaban J connectivity index is 2.18. The van der Waals surface area contributed by atoms with Crippen LogP contribution in [0.5, 0.6) is 5.75 Å². The van der Waals surface area contributed by atoms with Gasteiger partial charge in [0.05, 0.1) is 7.11 Å². The molecule has 23 heavy (non-hydrogen) atoms. The van der Waals surface area contributed by atoms with Crippen LogP contribution in [-0.4, -0.2) is 24.2 Å². The maximum Gasteiger partial charge on any atom is 0.320 e. The van der Waals surface area contributed by atoms with Crippen LogP contribution in [0.15, 0.2) is 48.5 Å². The molecule has 4 nitrogen and oxygen atoms in total. The Hall–Kier alpha value is -2.33. The average Bonchev–Trinajstić information content (AvgIpc) is 2.55. The monoisotopic (exact) mass is 313 g/mol. The highest BCUT2D eigenvalue weighted by molar-refractivity contribution is 5.73. The van der Waals surface area contributed by atoms with Crippen LogP contribution < -0.4 is 10.1 Å². The molecule has 0 aliphatic rings. The van der Waals surface area contributed by atoms with Gasteiger partial charge in [-0.3, -0.25) is 10.1 Å². The number of carbonyl (C=O) groups is 1. The lowest BCUT2D eigenvalue weighted by Gasteiger charge is -2.19. The van der Waals surface area contributed by atoms with E-state index in [-0.39, 0.29) is 5.92 Å². The highest BCUT2D eigenvalue weighted by atomic mass is 16.5. The highest BCUT2D eigenvalue weighted by Gasteiger charge is 2.21. The molecule has 0 fully saturated rings. The summed E-state index contributed by atoms with van der Waals surface area (Å²) in [5, 5.41) is 12.3.